The smallest absolute Gasteiger partial charge is 0.315 e. The Hall–Kier alpha value is -4.86. The highest BCUT2D eigenvalue weighted by atomic mass is 19.1. The van der Waals surface area contributed by atoms with Crippen molar-refractivity contribution in [3.63, 3.8) is 0 Å². The van der Waals surface area contributed by atoms with Gasteiger partial charge >= 0.3 is 6.03 Å². The van der Waals surface area contributed by atoms with Crippen LogP contribution in [0.25, 0.3) is 11.2 Å². The van der Waals surface area contributed by atoms with E-state index in [4.69, 9.17) is 15.0 Å². The van der Waals surface area contributed by atoms with E-state index in [9.17, 15) is 24.2 Å². The summed E-state index contributed by atoms with van der Waals surface area (Å²) in [6.07, 6.45) is 1.42. The molecule has 276 valence electrons. The number of carbonyl (C=O) groups is 2. The van der Waals surface area contributed by atoms with Gasteiger partial charge in [-0.2, -0.15) is 9.97 Å². The summed E-state index contributed by atoms with van der Waals surface area (Å²) < 4.78 is 15.7. The number of nitrogens with one attached hydrogen (secondary N) is 4. The molecule has 14 nitrogen and oxygen atoms in total. The first-order chi connectivity index (χ1) is 25.2. The van der Waals surface area contributed by atoms with Crippen LogP contribution in [-0.2, 0) is 4.79 Å². The summed E-state index contributed by atoms with van der Waals surface area (Å²) in [6, 6.07) is 15.0. The number of rotatable bonds is 11. The van der Waals surface area contributed by atoms with Gasteiger partial charge in [0.05, 0.1) is 18.4 Å². The van der Waals surface area contributed by atoms with Crippen molar-refractivity contribution in [2.45, 2.75) is 74.9 Å². The van der Waals surface area contributed by atoms with Crippen molar-refractivity contribution in [2.24, 2.45) is 0 Å². The van der Waals surface area contributed by atoms with Crippen molar-refractivity contribution < 1.29 is 24.2 Å². The van der Waals surface area contributed by atoms with E-state index in [0.29, 0.717) is 49.0 Å². The molecule has 3 aliphatic rings. The third kappa shape index (κ3) is 7.66. The van der Waals surface area contributed by atoms with Crippen molar-refractivity contribution >= 4 is 34.9 Å². The van der Waals surface area contributed by atoms with Crippen molar-refractivity contribution in [2.75, 3.05) is 50.0 Å². The largest absolute Gasteiger partial charge is 0.388 e. The van der Waals surface area contributed by atoms with Gasteiger partial charge in [-0.05, 0) is 56.1 Å². The topological polar surface area (TPSA) is 173 Å². The lowest BCUT2D eigenvalue weighted by Gasteiger charge is -2.22. The Morgan fingerprint density at radius 2 is 1.63 bits per heavy atom. The highest BCUT2D eigenvalue weighted by Crippen LogP contribution is 2.35. The van der Waals surface area contributed by atoms with Crippen LogP contribution in [-0.4, -0.2) is 117 Å². The monoisotopic (exact) mass is 714 g/mol. The molecular weight excluding hydrogens is 667 g/mol. The van der Waals surface area contributed by atoms with Gasteiger partial charge in [0.15, 0.2) is 17.0 Å². The maximum absolute atomic E-state index is 13.9. The van der Waals surface area contributed by atoms with Crippen LogP contribution in [0.3, 0.4) is 0 Å². The highest BCUT2D eigenvalue weighted by Gasteiger charge is 2.44. The van der Waals surface area contributed by atoms with Crippen LogP contribution in [0.4, 0.5) is 21.0 Å². The average Bonchev–Trinajstić information content (AvgIpc) is 3.94. The Labute approximate surface area is 301 Å². The number of aliphatic hydroxyl groups is 2. The minimum absolute atomic E-state index is 0.115. The molecule has 4 heterocycles. The van der Waals surface area contributed by atoms with Crippen LogP contribution in [0.1, 0.15) is 55.7 Å². The number of hydrogen-bond acceptors (Lipinski definition) is 10. The van der Waals surface area contributed by atoms with Gasteiger partial charge in [0.1, 0.15) is 18.0 Å². The first-order valence-corrected chi connectivity index (χ1v) is 18.1. The minimum atomic E-state index is -1.17. The maximum Gasteiger partial charge on any atom is 0.315 e. The molecule has 4 aromatic rings. The van der Waals surface area contributed by atoms with Crippen LogP contribution >= 0.6 is 0 Å². The fourth-order valence-electron chi connectivity index (χ4n) is 7.68. The second-order valence-corrected chi connectivity index (χ2v) is 14.2. The highest BCUT2D eigenvalue weighted by molar-refractivity contribution is 5.85. The van der Waals surface area contributed by atoms with E-state index in [0.717, 1.165) is 30.6 Å². The number of fused-ring (bicyclic) bond motifs is 1. The molecule has 1 saturated carbocycles. The Morgan fingerprint density at radius 1 is 0.923 bits per heavy atom. The molecule has 3 fully saturated rings. The van der Waals surface area contributed by atoms with Gasteiger partial charge < -0.3 is 45.8 Å². The molecule has 6 N–H and O–H groups in total. The number of aliphatic hydroxyl groups excluding tert-OH is 2. The summed E-state index contributed by atoms with van der Waals surface area (Å²) in [5, 5.41) is 34.6. The predicted molar refractivity (Wildman–Crippen MR) is 195 cm³/mol. The van der Waals surface area contributed by atoms with Crippen molar-refractivity contribution in [1.29, 1.82) is 0 Å². The molecular formula is C37H47FN10O4. The van der Waals surface area contributed by atoms with Gasteiger partial charge in [-0.15, -0.1) is 0 Å². The number of anilines is 2. The molecule has 7 atom stereocenters. The van der Waals surface area contributed by atoms with E-state index in [1.165, 1.54) is 12.1 Å². The Kier molecular flexibility index (Phi) is 10.5. The van der Waals surface area contributed by atoms with Gasteiger partial charge in [-0.3, -0.25) is 4.79 Å². The van der Waals surface area contributed by atoms with E-state index >= 15 is 0 Å². The summed E-state index contributed by atoms with van der Waals surface area (Å²) in [5.41, 5.74) is 2.91. The number of imidazole rings is 1. The zero-order valence-corrected chi connectivity index (χ0v) is 29.5. The number of nitrogens with zero attached hydrogens (tertiary/aromatic N) is 6. The molecule has 0 radical (unpaired) electrons. The number of halogens is 1. The third-order valence-electron chi connectivity index (χ3n) is 10.6. The second-order valence-electron chi connectivity index (χ2n) is 14.2. The van der Waals surface area contributed by atoms with Crippen LogP contribution in [0.15, 0.2) is 60.9 Å². The Balaban J connectivity index is 1.18. The van der Waals surface area contributed by atoms with Crippen LogP contribution < -0.4 is 26.2 Å². The lowest BCUT2D eigenvalue weighted by Crippen LogP contribution is -2.47. The number of carbonyl (C=O) groups excluding carboxylic acids is 2. The maximum atomic E-state index is 13.9. The first-order valence-electron chi connectivity index (χ1n) is 18.1. The minimum Gasteiger partial charge on any atom is -0.388 e. The van der Waals surface area contributed by atoms with E-state index in [1.54, 1.807) is 30.0 Å². The molecule has 15 heteroatoms. The number of likely N-dealkylation sites (tertiary alicyclic amines) is 1. The molecule has 0 bridgehead atoms. The molecule has 4 unspecified atom stereocenters. The summed E-state index contributed by atoms with van der Waals surface area (Å²) in [5.74, 6) is 0.240. The Bertz CT molecular complexity index is 1860. The fourth-order valence-corrected chi connectivity index (χ4v) is 7.68. The molecule has 2 saturated heterocycles. The van der Waals surface area contributed by atoms with Crippen molar-refractivity contribution in [1.82, 2.24) is 40.4 Å². The molecule has 7 rings (SSSR count). The number of benzene rings is 2. The molecule has 2 aliphatic heterocycles. The molecule has 3 amide bonds. The summed E-state index contributed by atoms with van der Waals surface area (Å²) >= 11 is 0. The first kappa shape index (κ1) is 35.5. The Morgan fingerprint density at radius 3 is 2.35 bits per heavy atom. The quantitative estimate of drug-likeness (QED) is 0.136. The van der Waals surface area contributed by atoms with E-state index in [2.05, 4.69) is 26.2 Å². The zero-order chi connectivity index (χ0) is 36.4. The SMILES string of the molecule is CCC(=O)NC1CC(n2cnc3c(NCC(c4ccccc4)c4ccc(F)cc4)nc(N4CC[C@@H](NC(=O)NC5CCN(C)C5)C4)nc32)[C@H](O)[C@@H]1O. The number of likely N-dealkylation sites (N-methyl/N-ethyl adjacent to an activating group) is 1. The van der Waals surface area contributed by atoms with Gasteiger partial charge in [-0.25, -0.2) is 14.2 Å². The molecule has 0 spiro atoms. The van der Waals surface area contributed by atoms with Gasteiger partial charge in [-0.1, -0.05) is 49.4 Å². The fraction of sp³-hybridized carbons (Fsp3) is 0.486. The number of hydrogen-bond donors (Lipinski definition) is 6. The summed E-state index contributed by atoms with van der Waals surface area (Å²) in [6.45, 7) is 5.02. The average molecular weight is 715 g/mol. The van der Waals surface area contributed by atoms with Gasteiger partial charge in [0, 0.05) is 50.6 Å². The van der Waals surface area contributed by atoms with Gasteiger partial charge in [0.2, 0.25) is 11.9 Å². The standard InChI is InChI=1S/C37H47FN10O4/c1-3-30(49)43-28-17-29(33(51)32(28)50)48-21-40-31-34(39-18-27(22-7-5-4-6-8-22)23-9-11-24(38)12-10-23)44-36(45-35(31)48)47-16-14-26(20-47)42-37(52)41-25-13-15-46(2)19-25/h4-12,21,25-29,32-33,50-51H,3,13-20H2,1-2H3,(H,43,49)(H,39,44,45)(H2,41,42,52)/t25?,26-,27?,28?,29?,32-,33+/m1/s1. The summed E-state index contributed by atoms with van der Waals surface area (Å²) in [4.78, 5) is 43.9. The number of urea groups is 1. The van der Waals surface area contributed by atoms with E-state index < -0.39 is 24.3 Å². The lowest BCUT2D eigenvalue weighted by atomic mass is 9.91. The van der Waals surface area contributed by atoms with Crippen LogP contribution in [0.5, 0.6) is 0 Å². The number of aromatic nitrogens is 4. The lowest BCUT2D eigenvalue weighted by molar-refractivity contribution is -0.122. The van der Waals surface area contributed by atoms with Crippen molar-refractivity contribution in [3.05, 3.63) is 77.9 Å². The molecule has 1 aliphatic carbocycles. The van der Waals surface area contributed by atoms with Gasteiger partial charge in [0.25, 0.3) is 0 Å². The van der Waals surface area contributed by atoms with Crippen molar-refractivity contribution in [3.8, 4) is 0 Å². The van der Waals surface area contributed by atoms with E-state index in [-0.39, 0.29) is 48.6 Å². The third-order valence-corrected chi connectivity index (χ3v) is 10.6. The molecule has 2 aromatic heterocycles. The number of amides is 3. The normalized spacial score (nSPS) is 25.4. The second kappa shape index (κ2) is 15.4. The predicted octanol–water partition coefficient (Wildman–Crippen LogP) is 2.35. The zero-order valence-electron chi connectivity index (χ0n) is 29.5. The summed E-state index contributed by atoms with van der Waals surface area (Å²) in [7, 11) is 2.04. The molecule has 52 heavy (non-hydrogen) atoms. The van der Waals surface area contributed by atoms with E-state index in [1.807, 2.05) is 42.3 Å². The van der Waals surface area contributed by atoms with Crippen LogP contribution in [0.2, 0.25) is 0 Å². The van der Waals surface area contributed by atoms with Crippen LogP contribution in [0, 0.1) is 5.82 Å². The molecule has 2 aromatic carbocycles.